The van der Waals surface area contributed by atoms with Gasteiger partial charge in [-0.05, 0) is 18.9 Å². The number of ether oxygens (including phenoxy) is 1. The monoisotopic (exact) mass is 313 g/mol. The number of hydrogen-bond acceptors (Lipinski definition) is 5. The Bertz CT molecular complexity index is 548. The molecule has 0 heterocycles. The van der Waals surface area contributed by atoms with E-state index in [1.54, 1.807) is 0 Å². The Hall–Kier alpha value is -1.86. The fraction of sp³-hybridized carbons (Fsp3) is 0.462. The molecule has 0 saturated heterocycles. The number of amides is 1. The average molecular weight is 314 g/mol. The summed E-state index contributed by atoms with van der Waals surface area (Å²) in [6.45, 7) is 0.265. The quantitative estimate of drug-likeness (QED) is 0.560. The highest BCUT2D eigenvalue weighted by Crippen LogP contribution is 2.28. The SMILES string of the molecule is NC(=O)C(CCOc1ccc([N+](=O)[O-])c(Cl)c1)NC1CC1. The van der Waals surface area contributed by atoms with Crippen LogP contribution in [0.25, 0.3) is 0 Å². The topological polar surface area (TPSA) is 107 Å². The molecule has 114 valence electrons. The molecule has 1 atom stereocenters. The predicted molar refractivity (Wildman–Crippen MR) is 77.4 cm³/mol. The fourth-order valence-electron chi connectivity index (χ4n) is 1.86. The zero-order valence-electron chi connectivity index (χ0n) is 11.3. The molecule has 0 aliphatic heterocycles. The van der Waals surface area contributed by atoms with Crippen LogP contribution in [0, 0.1) is 10.1 Å². The van der Waals surface area contributed by atoms with Crippen LogP contribution >= 0.6 is 11.6 Å². The molecule has 8 heteroatoms. The lowest BCUT2D eigenvalue weighted by Gasteiger charge is -2.15. The number of nitrogens with one attached hydrogen (secondary N) is 1. The molecule has 7 nitrogen and oxygen atoms in total. The standard InChI is InChI=1S/C13H16ClN3O4/c14-10-7-9(3-4-12(10)17(19)20)21-6-5-11(13(15)18)16-8-1-2-8/h3-4,7-8,11,16H,1-2,5-6H2,(H2,15,18). The minimum absolute atomic E-state index is 0.0139. The van der Waals surface area contributed by atoms with Gasteiger partial charge in [0.25, 0.3) is 5.69 Å². The summed E-state index contributed by atoms with van der Waals surface area (Å²) >= 11 is 5.79. The first-order valence-corrected chi connectivity index (χ1v) is 6.97. The van der Waals surface area contributed by atoms with Crippen molar-refractivity contribution < 1.29 is 14.5 Å². The molecule has 3 N–H and O–H groups in total. The molecule has 1 aliphatic rings. The summed E-state index contributed by atoms with van der Waals surface area (Å²) < 4.78 is 5.45. The van der Waals surface area contributed by atoms with E-state index in [4.69, 9.17) is 22.1 Å². The van der Waals surface area contributed by atoms with Gasteiger partial charge < -0.3 is 15.8 Å². The molecule has 21 heavy (non-hydrogen) atoms. The lowest BCUT2D eigenvalue weighted by atomic mass is 10.2. The number of halogens is 1. The van der Waals surface area contributed by atoms with E-state index in [9.17, 15) is 14.9 Å². The third kappa shape index (κ3) is 4.57. The van der Waals surface area contributed by atoms with E-state index in [1.165, 1.54) is 18.2 Å². The van der Waals surface area contributed by atoms with Crippen molar-refractivity contribution in [1.29, 1.82) is 0 Å². The summed E-state index contributed by atoms with van der Waals surface area (Å²) in [4.78, 5) is 21.4. The van der Waals surface area contributed by atoms with Crippen LogP contribution < -0.4 is 15.8 Å². The van der Waals surface area contributed by atoms with E-state index >= 15 is 0 Å². The molecule has 1 aliphatic carbocycles. The maximum atomic E-state index is 11.3. The van der Waals surface area contributed by atoms with Crippen LogP contribution in [0.15, 0.2) is 18.2 Å². The van der Waals surface area contributed by atoms with Crippen molar-refractivity contribution in [3.8, 4) is 5.75 Å². The van der Waals surface area contributed by atoms with Gasteiger partial charge in [0.1, 0.15) is 10.8 Å². The first kappa shape index (κ1) is 15.5. The number of nitrogens with zero attached hydrogens (tertiary/aromatic N) is 1. The van der Waals surface area contributed by atoms with Crippen molar-refractivity contribution in [2.24, 2.45) is 5.73 Å². The minimum atomic E-state index is -0.561. The molecule has 1 unspecified atom stereocenters. The second kappa shape index (κ2) is 6.73. The van der Waals surface area contributed by atoms with Gasteiger partial charge in [-0.15, -0.1) is 0 Å². The van der Waals surface area contributed by atoms with Crippen molar-refractivity contribution in [3.05, 3.63) is 33.3 Å². The van der Waals surface area contributed by atoms with Crippen LogP contribution in [-0.4, -0.2) is 29.5 Å². The predicted octanol–water partition coefficient (Wildman–Crippen LogP) is 1.62. The summed E-state index contributed by atoms with van der Waals surface area (Å²) in [5, 5.41) is 13.8. The van der Waals surface area contributed by atoms with Crippen LogP contribution in [0.3, 0.4) is 0 Å². The third-order valence-electron chi connectivity index (χ3n) is 3.15. The van der Waals surface area contributed by atoms with Gasteiger partial charge in [-0.3, -0.25) is 14.9 Å². The normalized spacial score (nSPS) is 15.5. The zero-order chi connectivity index (χ0) is 15.4. The number of primary amides is 1. The van der Waals surface area contributed by atoms with Gasteiger partial charge in [-0.25, -0.2) is 0 Å². The van der Waals surface area contributed by atoms with E-state index < -0.39 is 16.9 Å². The highest BCUT2D eigenvalue weighted by molar-refractivity contribution is 6.32. The third-order valence-corrected chi connectivity index (χ3v) is 3.45. The van der Waals surface area contributed by atoms with E-state index in [0.717, 1.165) is 12.8 Å². The van der Waals surface area contributed by atoms with E-state index in [-0.39, 0.29) is 17.3 Å². The Balaban J connectivity index is 1.85. The lowest BCUT2D eigenvalue weighted by Crippen LogP contribution is -2.43. The van der Waals surface area contributed by atoms with Crippen LogP contribution in [0.1, 0.15) is 19.3 Å². The van der Waals surface area contributed by atoms with Gasteiger partial charge in [0.15, 0.2) is 0 Å². The number of carbonyl (C=O) groups is 1. The molecule has 0 radical (unpaired) electrons. The lowest BCUT2D eigenvalue weighted by molar-refractivity contribution is -0.384. The molecule has 2 rings (SSSR count). The molecule has 1 aromatic carbocycles. The Morgan fingerprint density at radius 3 is 2.81 bits per heavy atom. The Morgan fingerprint density at radius 1 is 1.57 bits per heavy atom. The molecule has 1 fully saturated rings. The molecule has 1 amide bonds. The van der Waals surface area contributed by atoms with Crippen molar-refractivity contribution in [2.75, 3.05) is 6.61 Å². The Kier molecular flexibility index (Phi) is 4.98. The van der Waals surface area contributed by atoms with Gasteiger partial charge >= 0.3 is 0 Å². The van der Waals surface area contributed by atoms with Gasteiger partial charge in [-0.1, -0.05) is 11.6 Å². The molecule has 0 spiro atoms. The van der Waals surface area contributed by atoms with E-state index in [2.05, 4.69) is 5.32 Å². The summed E-state index contributed by atoms with van der Waals surface area (Å²) in [5.41, 5.74) is 5.14. The van der Waals surface area contributed by atoms with Gasteiger partial charge in [0.05, 0.1) is 17.6 Å². The second-order valence-corrected chi connectivity index (χ2v) is 5.31. The smallest absolute Gasteiger partial charge is 0.288 e. The number of carbonyl (C=O) groups excluding carboxylic acids is 1. The summed E-state index contributed by atoms with van der Waals surface area (Å²) in [7, 11) is 0. The first-order chi connectivity index (χ1) is 9.97. The highest BCUT2D eigenvalue weighted by atomic mass is 35.5. The summed E-state index contributed by atoms with van der Waals surface area (Å²) in [6.07, 6.45) is 2.55. The van der Waals surface area contributed by atoms with Gasteiger partial charge in [0.2, 0.25) is 5.91 Å². The highest BCUT2D eigenvalue weighted by Gasteiger charge is 2.27. The van der Waals surface area contributed by atoms with E-state index in [0.29, 0.717) is 18.2 Å². The number of nitro benzene ring substituents is 1. The van der Waals surface area contributed by atoms with Crippen molar-refractivity contribution in [3.63, 3.8) is 0 Å². The largest absolute Gasteiger partial charge is 0.493 e. The molecular formula is C13H16ClN3O4. The molecule has 0 bridgehead atoms. The number of rotatable bonds is 8. The fourth-order valence-corrected chi connectivity index (χ4v) is 2.10. The maximum absolute atomic E-state index is 11.3. The first-order valence-electron chi connectivity index (χ1n) is 6.59. The number of nitro groups is 1. The average Bonchev–Trinajstić information content (AvgIpc) is 3.21. The van der Waals surface area contributed by atoms with Crippen molar-refractivity contribution >= 4 is 23.2 Å². The van der Waals surface area contributed by atoms with Crippen molar-refractivity contribution in [1.82, 2.24) is 5.32 Å². The second-order valence-electron chi connectivity index (χ2n) is 4.90. The Morgan fingerprint density at radius 2 is 2.29 bits per heavy atom. The Labute approximate surface area is 126 Å². The van der Waals surface area contributed by atoms with Crippen LogP contribution in [-0.2, 0) is 4.79 Å². The van der Waals surface area contributed by atoms with Gasteiger partial charge in [-0.2, -0.15) is 0 Å². The van der Waals surface area contributed by atoms with Crippen LogP contribution in [0.5, 0.6) is 5.75 Å². The molecule has 1 aromatic rings. The van der Waals surface area contributed by atoms with E-state index in [1.807, 2.05) is 0 Å². The van der Waals surface area contributed by atoms with Gasteiger partial charge in [0, 0.05) is 24.6 Å². The number of hydrogen-bond donors (Lipinski definition) is 2. The molecule has 0 aromatic heterocycles. The maximum Gasteiger partial charge on any atom is 0.288 e. The van der Waals surface area contributed by atoms with Crippen LogP contribution in [0.2, 0.25) is 5.02 Å². The number of benzene rings is 1. The summed E-state index contributed by atoms with van der Waals surface area (Å²) in [5.74, 6) is 0.00692. The van der Waals surface area contributed by atoms with Crippen LogP contribution in [0.4, 0.5) is 5.69 Å². The minimum Gasteiger partial charge on any atom is -0.493 e. The van der Waals surface area contributed by atoms with Crippen molar-refractivity contribution in [2.45, 2.75) is 31.3 Å². The number of nitrogens with two attached hydrogens (primary N) is 1. The molecular weight excluding hydrogens is 298 g/mol. The zero-order valence-corrected chi connectivity index (χ0v) is 12.0. The molecule has 1 saturated carbocycles. The summed E-state index contributed by atoms with van der Waals surface area (Å²) in [6, 6.07) is 4.08.